The van der Waals surface area contributed by atoms with Crippen molar-refractivity contribution in [1.29, 1.82) is 0 Å². The molecule has 1 saturated heterocycles. The number of ether oxygens (including phenoxy) is 1. The minimum absolute atomic E-state index is 0.381. The molecule has 0 aromatic heterocycles. The van der Waals surface area contributed by atoms with Crippen molar-refractivity contribution < 1.29 is 4.74 Å². The highest BCUT2D eigenvalue weighted by molar-refractivity contribution is 5.22. The van der Waals surface area contributed by atoms with Crippen LogP contribution in [0.2, 0.25) is 0 Å². The third-order valence-electron chi connectivity index (χ3n) is 3.61. The van der Waals surface area contributed by atoms with Gasteiger partial charge in [-0.1, -0.05) is 62.1 Å². The molecule has 1 fully saturated rings. The molecule has 0 aliphatic carbocycles. The van der Waals surface area contributed by atoms with E-state index in [0.717, 1.165) is 0 Å². The summed E-state index contributed by atoms with van der Waals surface area (Å²) in [6.07, 6.45) is 11.9. The number of epoxide rings is 1. The van der Waals surface area contributed by atoms with E-state index in [1.165, 1.54) is 50.5 Å². The first kappa shape index (κ1) is 13.4. The zero-order valence-electron chi connectivity index (χ0n) is 11.2. The molecule has 0 bridgehead atoms. The van der Waals surface area contributed by atoms with Gasteiger partial charge in [-0.3, -0.25) is 0 Å². The molecule has 0 radical (unpaired) electrons. The van der Waals surface area contributed by atoms with Crippen molar-refractivity contribution in [2.75, 3.05) is 0 Å². The molecule has 1 aromatic rings. The van der Waals surface area contributed by atoms with Gasteiger partial charge in [0.2, 0.25) is 0 Å². The van der Waals surface area contributed by atoms with Crippen molar-refractivity contribution in [3.63, 3.8) is 0 Å². The molecule has 0 saturated carbocycles. The van der Waals surface area contributed by atoms with Gasteiger partial charge in [-0.15, -0.1) is 6.58 Å². The van der Waals surface area contributed by atoms with Crippen molar-refractivity contribution in [2.24, 2.45) is 0 Å². The Morgan fingerprint density at radius 2 is 1.72 bits per heavy atom. The molecule has 98 valence electrons. The van der Waals surface area contributed by atoms with Crippen molar-refractivity contribution in [3.8, 4) is 0 Å². The highest BCUT2D eigenvalue weighted by atomic mass is 16.6. The Morgan fingerprint density at radius 3 is 2.50 bits per heavy atom. The van der Waals surface area contributed by atoms with Crippen LogP contribution >= 0.6 is 0 Å². The van der Waals surface area contributed by atoms with Crippen LogP contribution in [-0.4, -0.2) is 6.10 Å². The minimum Gasteiger partial charge on any atom is -0.365 e. The van der Waals surface area contributed by atoms with E-state index in [0.29, 0.717) is 12.2 Å². The lowest BCUT2D eigenvalue weighted by Gasteiger charge is -1.99. The van der Waals surface area contributed by atoms with Gasteiger partial charge < -0.3 is 4.74 Å². The average molecular weight is 244 g/mol. The van der Waals surface area contributed by atoms with Crippen LogP contribution in [0.25, 0.3) is 0 Å². The maximum absolute atomic E-state index is 5.73. The van der Waals surface area contributed by atoms with Gasteiger partial charge >= 0.3 is 0 Å². The molecular weight excluding hydrogens is 220 g/mol. The Bertz CT molecular complexity index is 344. The van der Waals surface area contributed by atoms with E-state index in [-0.39, 0.29) is 0 Å². The van der Waals surface area contributed by atoms with Gasteiger partial charge in [0.05, 0.1) is 6.10 Å². The molecule has 18 heavy (non-hydrogen) atoms. The second-order valence-corrected chi connectivity index (χ2v) is 5.14. The predicted molar refractivity (Wildman–Crippen MR) is 76.6 cm³/mol. The van der Waals surface area contributed by atoms with Crippen molar-refractivity contribution in [2.45, 2.75) is 57.2 Å². The van der Waals surface area contributed by atoms with Crippen LogP contribution < -0.4 is 0 Å². The lowest BCUT2D eigenvalue weighted by atomic mass is 10.0. The standard InChI is InChI=1S/C17H24O/c1-2-3-4-5-6-7-11-14-16-17(18-16)15-12-9-8-10-13-15/h2,8-10,12-13,16-17H,1,3-7,11,14H2/t16-,17-/m1/s1. The SMILES string of the molecule is C=CCCCCCCC[C@H]1O[C@@H]1c1ccccc1. The molecule has 0 unspecified atom stereocenters. The van der Waals surface area contributed by atoms with Crippen LogP contribution in [0.5, 0.6) is 0 Å². The number of rotatable bonds is 9. The maximum atomic E-state index is 5.73. The number of unbranched alkanes of at least 4 members (excludes halogenated alkanes) is 5. The van der Waals surface area contributed by atoms with Crippen LogP contribution in [0.3, 0.4) is 0 Å². The summed E-state index contributed by atoms with van der Waals surface area (Å²) in [5, 5.41) is 0. The van der Waals surface area contributed by atoms with Crippen molar-refractivity contribution in [3.05, 3.63) is 48.6 Å². The second-order valence-electron chi connectivity index (χ2n) is 5.14. The second kappa shape index (κ2) is 7.38. The van der Waals surface area contributed by atoms with Gasteiger partial charge in [-0.05, 0) is 24.8 Å². The Balaban J connectivity index is 1.51. The first-order chi connectivity index (χ1) is 8.92. The van der Waals surface area contributed by atoms with E-state index in [4.69, 9.17) is 4.74 Å². The quantitative estimate of drug-likeness (QED) is 0.337. The summed E-state index contributed by atoms with van der Waals surface area (Å²) in [4.78, 5) is 0. The molecule has 1 aromatic carbocycles. The Kier molecular flexibility index (Phi) is 5.47. The average Bonchev–Trinajstić information content (AvgIpc) is 3.18. The van der Waals surface area contributed by atoms with Crippen molar-refractivity contribution >= 4 is 0 Å². The summed E-state index contributed by atoms with van der Waals surface area (Å²) in [6, 6.07) is 10.6. The minimum atomic E-state index is 0.381. The van der Waals surface area contributed by atoms with Gasteiger partial charge in [0.1, 0.15) is 6.10 Å². The molecule has 2 atom stereocenters. The molecule has 1 heterocycles. The van der Waals surface area contributed by atoms with Crippen LogP contribution in [0.4, 0.5) is 0 Å². The van der Waals surface area contributed by atoms with Gasteiger partial charge in [0, 0.05) is 0 Å². The summed E-state index contributed by atoms with van der Waals surface area (Å²) < 4.78 is 5.73. The molecule has 1 aliphatic heterocycles. The van der Waals surface area contributed by atoms with E-state index < -0.39 is 0 Å². The summed E-state index contributed by atoms with van der Waals surface area (Å²) in [5.41, 5.74) is 1.34. The third kappa shape index (κ3) is 4.30. The molecule has 0 spiro atoms. The molecule has 1 heteroatoms. The van der Waals surface area contributed by atoms with E-state index in [2.05, 4.69) is 36.9 Å². The van der Waals surface area contributed by atoms with E-state index in [1.54, 1.807) is 0 Å². The largest absolute Gasteiger partial charge is 0.365 e. The zero-order valence-corrected chi connectivity index (χ0v) is 11.2. The first-order valence-corrected chi connectivity index (χ1v) is 7.23. The summed E-state index contributed by atoms with van der Waals surface area (Å²) >= 11 is 0. The molecular formula is C17H24O. The monoisotopic (exact) mass is 244 g/mol. The molecule has 2 rings (SSSR count). The lowest BCUT2D eigenvalue weighted by Crippen LogP contribution is -1.89. The summed E-state index contributed by atoms with van der Waals surface area (Å²) in [6.45, 7) is 3.75. The number of hydrogen-bond acceptors (Lipinski definition) is 1. The fourth-order valence-electron chi connectivity index (χ4n) is 2.46. The maximum Gasteiger partial charge on any atom is 0.109 e. The molecule has 0 N–H and O–H groups in total. The number of allylic oxidation sites excluding steroid dienone is 1. The molecule has 1 aliphatic rings. The fourth-order valence-corrected chi connectivity index (χ4v) is 2.46. The lowest BCUT2D eigenvalue weighted by molar-refractivity contribution is 0.360. The van der Waals surface area contributed by atoms with Gasteiger partial charge in [-0.25, -0.2) is 0 Å². The van der Waals surface area contributed by atoms with Gasteiger partial charge in [-0.2, -0.15) is 0 Å². The van der Waals surface area contributed by atoms with Crippen molar-refractivity contribution in [1.82, 2.24) is 0 Å². The van der Waals surface area contributed by atoms with Crippen LogP contribution in [0.1, 0.15) is 56.6 Å². The normalized spacial score (nSPS) is 21.8. The third-order valence-corrected chi connectivity index (χ3v) is 3.61. The van der Waals surface area contributed by atoms with Crippen LogP contribution in [0.15, 0.2) is 43.0 Å². The number of hydrogen-bond donors (Lipinski definition) is 0. The predicted octanol–water partition coefficient (Wildman–Crippen LogP) is 5.04. The molecule has 1 nitrogen and oxygen atoms in total. The summed E-state index contributed by atoms with van der Waals surface area (Å²) in [7, 11) is 0. The van der Waals surface area contributed by atoms with Crippen LogP contribution in [-0.2, 0) is 4.74 Å². The molecule has 0 amide bonds. The van der Waals surface area contributed by atoms with E-state index in [9.17, 15) is 0 Å². The van der Waals surface area contributed by atoms with E-state index in [1.807, 2.05) is 6.08 Å². The zero-order chi connectivity index (χ0) is 12.6. The Morgan fingerprint density at radius 1 is 1.00 bits per heavy atom. The van der Waals surface area contributed by atoms with E-state index >= 15 is 0 Å². The highest BCUT2D eigenvalue weighted by Crippen LogP contribution is 2.41. The van der Waals surface area contributed by atoms with Gasteiger partial charge in [0.15, 0.2) is 0 Å². The highest BCUT2D eigenvalue weighted by Gasteiger charge is 2.38. The Labute approximate surface area is 111 Å². The smallest absolute Gasteiger partial charge is 0.109 e. The van der Waals surface area contributed by atoms with Gasteiger partial charge in [0.25, 0.3) is 0 Å². The first-order valence-electron chi connectivity index (χ1n) is 7.23. The Hall–Kier alpha value is -1.08. The summed E-state index contributed by atoms with van der Waals surface area (Å²) in [5.74, 6) is 0. The topological polar surface area (TPSA) is 12.5 Å². The van der Waals surface area contributed by atoms with Crippen LogP contribution in [0, 0.1) is 0 Å². The fraction of sp³-hybridized carbons (Fsp3) is 0.529. The number of benzene rings is 1.